The smallest absolute Gasteiger partial charge is 0.303 e. The van der Waals surface area contributed by atoms with E-state index >= 15 is 0 Å². The average Bonchev–Trinajstić information content (AvgIpc) is 2.31. The van der Waals surface area contributed by atoms with Gasteiger partial charge in [0.15, 0.2) is 0 Å². The fraction of sp³-hybridized carbons (Fsp3) is 0.417. The van der Waals surface area contributed by atoms with Crippen LogP contribution in [-0.2, 0) is 21.4 Å². The third-order valence-electron chi connectivity index (χ3n) is 2.59. The first-order valence-electron chi connectivity index (χ1n) is 5.71. The Morgan fingerprint density at radius 1 is 1.32 bits per heavy atom. The second kappa shape index (κ2) is 6.63. The normalized spacial score (nSPS) is 11.7. The van der Waals surface area contributed by atoms with Crippen molar-refractivity contribution in [1.29, 1.82) is 0 Å². The van der Waals surface area contributed by atoms with Gasteiger partial charge in [0.1, 0.15) is 5.82 Å². The highest BCUT2D eigenvalue weighted by atomic mass is 32.2. The minimum Gasteiger partial charge on any atom is -0.481 e. The number of aliphatic carboxylic acids is 1. The fourth-order valence-corrected chi connectivity index (χ4v) is 2.67. The van der Waals surface area contributed by atoms with Gasteiger partial charge in [0, 0.05) is 20.0 Å². The number of benzene rings is 1. The summed E-state index contributed by atoms with van der Waals surface area (Å²) >= 11 is 0. The predicted octanol–water partition coefficient (Wildman–Crippen LogP) is 1.45. The van der Waals surface area contributed by atoms with Crippen LogP contribution in [0.5, 0.6) is 0 Å². The summed E-state index contributed by atoms with van der Waals surface area (Å²) in [6.07, 6.45) is -0.102. The van der Waals surface area contributed by atoms with Crippen LogP contribution in [0.15, 0.2) is 24.3 Å². The second-order valence-corrected chi connectivity index (χ2v) is 6.39. The van der Waals surface area contributed by atoms with Gasteiger partial charge in [-0.05, 0) is 24.1 Å². The maximum atomic E-state index is 12.7. The molecule has 0 aliphatic rings. The summed E-state index contributed by atoms with van der Waals surface area (Å²) in [4.78, 5) is 10.3. The molecule has 0 heterocycles. The Balaban J connectivity index is 2.58. The van der Waals surface area contributed by atoms with Crippen LogP contribution < -0.4 is 0 Å². The minimum atomic E-state index is -3.49. The average molecular weight is 289 g/mol. The molecule has 0 saturated carbocycles. The molecule has 106 valence electrons. The molecular weight excluding hydrogens is 273 g/mol. The molecule has 1 aromatic rings. The zero-order valence-corrected chi connectivity index (χ0v) is 11.4. The molecule has 0 aliphatic carbocycles. The zero-order chi connectivity index (χ0) is 14.5. The van der Waals surface area contributed by atoms with Gasteiger partial charge in [-0.2, -0.15) is 0 Å². The highest BCUT2D eigenvalue weighted by Gasteiger charge is 2.18. The lowest BCUT2D eigenvalue weighted by Gasteiger charge is -2.16. The van der Waals surface area contributed by atoms with Crippen LogP contribution in [0.4, 0.5) is 4.39 Å². The van der Waals surface area contributed by atoms with Crippen molar-refractivity contribution in [3.63, 3.8) is 0 Å². The number of hydrogen-bond donors (Lipinski definition) is 1. The molecule has 0 atom stereocenters. The Labute approximate surface area is 111 Å². The molecule has 7 heteroatoms. The van der Waals surface area contributed by atoms with Crippen molar-refractivity contribution in [2.24, 2.45) is 0 Å². The quantitative estimate of drug-likeness (QED) is 0.824. The fourth-order valence-electron chi connectivity index (χ4n) is 1.51. The summed E-state index contributed by atoms with van der Waals surface area (Å²) in [7, 11) is -2.07. The molecular formula is C12H16FNO4S. The van der Waals surface area contributed by atoms with Crippen molar-refractivity contribution < 1.29 is 22.7 Å². The molecule has 1 N–H and O–H groups in total. The van der Waals surface area contributed by atoms with Crippen molar-refractivity contribution in [3.05, 3.63) is 35.6 Å². The molecule has 0 radical (unpaired) electrons. The molecule has 5 nitrogen and oxygen atoms in total. The third kappa shape index (κ3) is 5.35. The SMILES string of the molecule is CN(Cc1ccc(F)cc1)S(=O)(=O)CCCC(=O)O. The van der Waals surface area contributed by atoms with Gasteiger partial charge >= 0.3 is 5.97 Å². The topological polar surface area (TPSA) is 74.7 Å². The molecule has 0 unspecified atom stereocenters. The lowest BCUT2D eigenvalue weighted by Crippen LogP contribution is -2.29. The van der Waals surface area contributed by atoms with Crippen molar-refractivity contribution in [3.8, 4) is 0 Å². The molecule has 1 rings (SSSR count). The number of carboxylic acids is 1. The Morgan fingerprint density at radius 2 is 1.89 bits per heavy atom. The lowest BCUT2D eigenvalue weighted by molar-refractivity contribution is -0.137. The highest BCUT2D eigenvalue weighted by molar-refractivity contribution is 7.89. The van der Waals surface area contributed by atoms with Crippen molar-refractivity contribution in [2.75, 3.05) is 12.8 Å². The van der Waals surface area contributed by atoms with Gasteiger partial charge in [0.25, 0.3) is 0 Å². The van der Waals surface area contributed by atoms with E-state index in [9.17, 15) is 17.6 Å². The highest BCUT2D eigenvalue weighted by Crippen LogP contribution is 2.10. The van der Waals surface area contributed by atoms with E-state index in [1.54, 1.807) is 0 Å². The Hall–Kier alpha value is -1.47. The van der Waals surface area contributed by atoms with E-state index in [4.69, 9.17) is 5.11 Å². The zero-order valence-electron chi connectivity index (χ0n) is 10.5. The molecule has 1 aromatic carbocycles. The second-order valence-electron chi connectivity index (χ2n) is 4.20. The largest absolute Gasteiger partial charge is 0.481 e. The maximum Gasteiger partial charge on any atom is 0.303 e. The predicted molar refractivity (Wildman–Crippen MR) is 68.5 cm³/mol. The standard InChI is InChI=1S/C12H16FNO4S/c1-14(9-10-4-6-11(13)7-5-10)19(17,18)8-2-3-12(15)16/h4-7H,2-3,8-9H2,1H3,(H,15,16). The van der Waals surface area contributed by atoms with E-state index < -0.39 is 16.0 Å². The molecule has 0 spiro atoms. The van der Waals surface area contributed by atoms with E-state index in [0.29, 0.717) is 5.56 Å². The van der Waals surface area contributed by atoms with Gasteiger partial charge in [0.2, 0.25) is 10.0 Å². The molecule has 0 fully saturated rings. The summed E-state index contributed by atoms with van der Waals surface area (Å²) in [5, 5.41) is 8.47. The van der Waals surface area contributed by atoms with Gasteiger partial charge in [-0.15, -0.1) is 0 Å². The maximum absolute atomic E-state index is 12.7. The molecule has 0 amide bonds. The summed E-state index contributed by atoms with van der Waals surface area (Å²) in [6, 6.07) is 5.55. The van der Waals surface area contributed by atoms with E-state index in [1.165, 1.54) is 31.3 Å². The van der Waals surface area contributed by atoms with Crippen LogP contribution in [0.25, 0.3) is 0 Å². The number of nitrogens with zero attached hydrogens (tertiary/aromatic N) is 1. The Kier molecular flexibility index (Phi) is 5.44. The van der Waals surface area contributed by atoms with Crippen LogP contribution in [0.2, 0.25) is 0 Å². The van der Waals surface area contributed by atoms with Gasteiger partial charge in [-0.25, -0.2) is 17.1 Å². The Morgan fingerprint density at radius 3 is 2.42 bits per heavy atom. The van der Waals surface area contributed by atoms with E-state index in [1.807, 2.05) is 0 Å². The summed E-state index contributed by atoms with van der Waals surface area (Å²) in [5.41, 5.74) is 0.672. The van der Waals surface area contributed by atoms with Crippen molar-refractivity contribution in [2.45, 2.75) is 19.4 Å². The Bertz CT molecular complexity index is 527. The van der Waals surface area contributed by atoms with Crippen LogP contribution >= 0.6 is 0 Å². The lowest BCUT2D eigenvalue weighted by atomic mass is 10.2. The number of hydrogen-bond acceptors (Lipinski definition) is 3. The molecule has 0 bridgehead atoms. The number of sulfonamides is 1. The first-order valence-corrected chi connectivity index (χ1v) is 7.32. The molecule has 0 aromatic heterocycles. The molecule has 0 aliphatic heterocycles. The van der Waals surface area contributed by atoms with Crippen molar-refractivity contribution in [1.82, 2.24) is 4.31 Å². The van der Waals surface area contributed by atoms with Crippen molar-refractivity contribution >= 4 is 16.0 Å². The third-order valence-corrected chi connectivity index (χ3v) is 4.47. The number of carbonyl (C=O) groups is 1. The number of rotatable bonds is 7. The minimum absolute atomic E-state index is 0.0748. The van der Waals surface area contributed by atoms with E-state index in [-0.39, 0.29) is 31.0 Å². The summed E-state index contributed by atoms with van der Waals surface area (Å²) in [5.74, 6) is -1.61. The summed E-state index contributed by atoms with van der Waals surface area (Å²) in [6.45, 7) is 0.135. The first kappa shape index (κ1) is 15.6. The van der Waals surface area contributed by atoms with Crippen LogP contribution in [0.3, 0.4) is 0 Å². The molecule has 0 saturated heterocycles. The van der Waals surface area contributed by atoms with Crippen LogP contribution in [-0.4, -0.2) is 36.6 Å². The summed E-state index contributed by atoms with van der Waals surface area (Å²) < 4.78 is 37.5. The van der Waals surface area contributed by atoms with Gasteiger partial charge in [0.05, 0.1) is 5.75 Å². The van der Waals surface area contributed by atoms with E-state index in [2.05, 4.69) is 0 Å². The van der Waals surface area contributed by atoms with Gasteiger partial charge in [-0.3, -0.25) is 4.79 Å². The monoisotopic (exact) mass is 289 g/mol. The number of halogens is 1. The van der Waals surface area contributed by atoms with Crippen LogP contribution in [0, 0.1) is 5.82 Å². The number of carboxylic acid groups (broad SMARTS) is 1. The van der Waals surface area contributed by atoms with E-state index in [0.717, 1.165) is 4.31 Å². The molecule has 19 heavy (non-hydrogen) atoms. The first-order chi connectivity index (χ1) is 8.81. The van der Waals surface area contributed by atoms with Gasteiger partial charge in [-0.1, -0.05) is 12.1 Å². The van der Waals surface area contributed by atoms with Crippen LogP contribution in [0.1, 0.15) is 18.4 Å². The van der Waals surface area contributed by atoms with Gasteiger partial charge < -0.3 is 5.11 Å².